The number of rotatable bonds is 5. The molecule has 0 spiro atoms. The molecule has 29 heavy (non-hydrogen) atoms. The van der Waals surface area contributed by atoms with E-state index in [-0.39, 0.29) is 22.7 Å². The van der Waals surface area contributed by atoms with Gasteiger partial charge in [-0.2, -0.15) is 15.3 Å². The Kier molecular flexibility index (Phi) is 6.37. The van der Waals surface area contributed by atoms with E-state index in [1.54, 1.807) is 11.0 Å². The van der Waals surface area contributed by atoms with E-state index in [1.807, 2.05) is 13.8 Å². The molecule has 3 rings (SSSR count). The molecule has 8 nitrogen and oxygen atoms in total. The lowest BCUT2D eigenvalue weighted by Crippen LogP contribution is -2.48. The summed E-state index contributed by atoms with van der Waals surface area (Å²) >= 11 is -1.52. The van der Waals surface area contributed by atoms with Gasteiger partial charge in [-0.15, -0.1) is 0 Å². The van der Waals surface area contributed by atoms with Crippen LogP contribution in [0.4, 0.5) is 19.3 Å². The summed E-state index contributed by atoms with van der Waals surface area (Å²) in [6.07, 6.45) is 1.60. The standard InChI is InChI=1S/C18H24F2N6O2S/c1-18(2,29(28)15-10-14(16(19)20)24-25(15)3)12-5-8-26(9-6-12)17(27)23-13-4-7-21-22-11-13/h4,7,10-12,16H,5-6,8-9H2,1-3H3,(H,21,23,27). The second-order valence-electron chi connectivity index (χ2n) is 7.53. The van der Waals surface area contributed by atoms with E-state index >= 15 is 0 Å². The summed E-state index contributed by atoms with van der Waals surface area (Å²) in [5.74, 6) is 0.0693. The highest BCUT2D eigenvalue weighted by Gasteiger charge is 2.45. The molecule has 0 saturated carbocycles. The number of piperidine rings is 1. The molecule has 1 aliphatic rings. The van der Waals surface area contributed by atoms with Crippen molar-refractivity contribution < 1.29 is 18.1 Å². The topological polar surface area (TPSA) is 99.0 Å². The van der Waals surface area contributed by atoms with E-state index in [2.05, 4.69) is 20.6 Å². The van der Waals surface area contributed by atoms with Crippen LogP contribution in [-0.2, 0) is 18.2 Å². The third-order valence-corrected chi connectivity index (χ3v) is 7.40. The van der Waals surface area contributed by atoms with Gasteiger partial charge in [0, 0.05) is 43.3 Å². The largest absolute Gasteiger partial charge is 0.610 e. The summed E-state index contributed by atoms with van der Waals surface area (Å²) in [5.41, 5.74) is 0.198. The van der Waals surface area contributed by atoms with Gasteiger partial charge in [0.1, 0.15) is 10.4 Å². The van der Waals surface area contributed by atoms with Crippen molar-refractivity contribution in [3.8, 4) is 0 Å². The Morgan fingerprint density at radius 1 is 1.34 bits per heavy atom. The highest BCUT2D eigenvalue weighted by molar-refractivity contribution is 7.92. The average Bonchev–Trinajstić information content (AvgIpc) is 3.10. The monoisotopic (exact) mass is 426 g/mol. The number of carbonyl (C=O) groups excluding carboxylic acids is 1. The van der Waals surface area contributed by atoms with Crippen LogP contribution in [0.1, 0.15) is 38.8 Å². The number of likely N-dealkylation sites (tertiary alicyclic amines) is 1. The van der Waals surface area contributed by atoms with Crippen molar-refractivity contribution in [1.82, 2.24) is 24.9 Å². The van der Waals surface area contributed by atoms with Crippen LogP contribution in [0.2, 0.25) is 0 Å². The molecule has 1 N–H and O–H groups in total. The SMILES string of the molecule is Cn1nc(C(F)F)cc1[S+]([O-])C(C)(C)C1CCN(C(=O)Nc2ccnnc2)CC1. The molecular formula is C18H24F2N6O2S. The van der Waals surface area contributed by atoms with Gasteiger partial charge >= 0.3 is 6.03 Å². The lowest BCUT2D eigenvalue weighted by atomic mass is 9.86. The van der Waals surface area contributed by atoms with Gasteiger partial charge in [0.15, 0.2) is 0 Å². The molecule has 1 aliphatic heterocycles. The Hall–Kier alpha value is -2.27. The minimum Gasteiger partial charge on any atom is -0.610 e. The van der Waals surface area contributed by atoms with Gasteiger partial charge in [-0.1, -0.05) is 0 Å². The molecule has 0 radical (unpaired) electrons. The van der Waals surface area contributed by atoms with Crippen LogP contribution in [-0.4, -0.2) is 53.3 Å². The third-order valence-electron chi connectivity index (χ3n) is 5.35. The average molecular weight is 426 g/mol. The molecule has 3 heterocycles. The second-order valence-corrected chi connectivity index (χ2v) is 9.53. The predicted molar refractivity (Wildman–Crippen MR) is 104 cm³/mol. The number of alkyl halides is 2. The van der Waals surface area contributed by atoms with Gasteiger partial charge in [0.2, 0.25) is 5.03 Å². The highest BCUT2D eigenvalue weighted by atomic mass is 32.2. The van der Waals surface area contributed by atoms with Crippen LogP contribution < -0.4 is 5.32 Å². The van der Waals surface area contributed by atoms with Gasteiger partial charge in [-0.25, -0.2) is 18.3 Å². The van der Waals surface area contributed by atoms with Crippen LogP contribution in [0.25, 0.3) is 0 Å². The normalized spacial score (nSPS) is 16.9. The molecule has 1 atom stereocenters. The summed E-state index contributed by atoms with van der Waals surface area (Å²) in [5, 5.41) is 14.2. The third kappa shape index (κ3) is 4.67. The number of anilines is 1. The smallest absolute Gasteiger partial charge is 0.321 e. The summed E-state index contributed by atoms with van der Waals surface area (Å²) in [7, 11) is 1.52. The number of nitrogens with one attached hydrogen (secondary N) is 1. The molecule has 11 heteroatoms. The quantitative estimate of drug-likeness (QED) is 0.741. The Balaban J connectivity index is 1.62. The zero-order valence-corrected chi connectivity index (χ0v) is 17.3. The first-order valence-corrected chi connectivity index (χ1v) is 10.4. The number of halogens is 2. The number of amides is 2. The Morgan fingerprint density at radius 3 is 2.59 bits per heavy atom. The van der Waals surface area contributed by atoms with Crippen molar-refractivity contribution in [3.05, 3.63) is 30.2 Å². The van der Waals surface area contributed by atoms with Gasteiger partial charge in [-0.05, 0) is 32.8 Å². The Bertz CT molecular complexity index is 840. The van der Waals surface area contributed by atoms with Crippen molar-refractivity contribution >= 4 is 22.9 Å². The second kappa shape index (κ2) is 8.62. The molecule has 0 bridgehead atoms. The first kappa shape index (κ1) is 21.4. The van der Waals surface area contributed by atoms with Crippen LogP contribution in [0.5, 0.6) is 0 Å². The predicted octanol–water partition coefficient (Wildman–Crippen LogP) is 2.98. The molecular weight excluding hydrogens is 402 g/mol. The van der Waals surface area contributed by atoms with Crippen molar-refractivity contribution in [2.75, 3.05) is 18.4 Å². The fraction of sp³-hybridized carbons (Fsp3) is 0.556. The van der Waals surface area contributed by atoms with Crippen molar-refractivity contribution in [1.29, 1.82) is 0 Å². The van der Waals surface area contributed by atoms with Crippen LogP contribution in [0, 0.1) is 5.92 Å². The molecule has 2 amide bonds. The van der Waals surface area contributed by atoms with E-state index < -0.39 is 22.3 Å². The van der Waals surface area contributed by atoms with Crippen LogP contribution in [0.15, 0.2) is 29.6 Å². The molecule has 2 aromatic heterocycles. The van der Waals surface area contributed by atoms with E-state index in [0.717, 1.165) is 0 Å². The van der Waals surface area contributed by atoms with Crippen LogP contribution in [0.3, 0.4) is 0 Å². The Morgan fingerprint density at radius 2 is 2.03 bits per heavy atom. The highest BCUT2D eigenvalue weighted by Crippen LogP contribution is 2.38. The molecule has 1 fully saturated rings. The molecule has 0 aromatic carbocycles. The lowest BCUT2D eigenvalue weighted by molar-refractivity contribution is 0.145. The minimum absolute atomic E-state index is 0.0693. The van der Waals surface area contributed by atoms with Crippen LogP contribution >= 0.6 is 0 Å². The van der Waals surface area contributed by atoms with E-state index in [0.29, 0.717) is 31.6 Å². The van der Waals surface area contributed by atoms with Crippen molar-refractivity contribution in [3.63, 3.8) is 0 Å². The number of aryl methyl sites for hydroxylation is 1. The fourth-order valence-electron chi connectivity index (χ4n) is 3.52. The lowest BCUT2D eigenvalue weighted by Gasteiger charge is -2.40. The van der Waals surface area contributed by atoms with Crippen molar-refractivity contribution in [2.24, 2.45) is 13.0 Å². The number of aromatic nitrogens is 4. The number of carbonyl (C=O) groups is 1. The van der Waals surface area contributed by atoms with Gasteiger partial charge in [0.05, 0.1) is 18.1 Å². The molecule has 2 aromatic rings. The minimum atomic E-state index is -2.70. The van der Waals surface area contributed by atoms with E-state index in [1.165, 1.54) is 30.2 Å². The Labute approximate surface area is 170 Å². The number of nitrogens with zero attached hydrogens (tertiary/aromatic N) is 5. The summed E-state index contributed by atoms with van der Waals surface area (Å²) in [6, 6.07) is 2.66. The number of hydrogen-bond acceptors (Lipinski definition) is 5. The van der Waals surface area contributed by atoms with Gasteiger partial charge < -0.3 is 14.8 Å². The fourth-order valence-corrected chi connectivity index (χ4v) is 5.10. The van der Waals surface area contributed by atoms with E-state index in [9.17, 15) is 18.1 Å². The molecule has 1 saturated heterocycles. The molecule has 0 aliphatic carbocycles. The zero-order chi connectivity index (χ0) is 21.2. The number of urea groups is 1. The summed E-state index contributed by atoms with van der Waals surface area (Å²) < 4.78 is 39.6. The molecule has 158 valence electrons. The van der Waals surface area contributed by atoms with Crippen molar-refractivity contribution in [2.45, 2.75) is 42.9 Å². The summed E-state index contributed by atoms with van der Waals surface area (Å²) in [4.78, 5) is 14.1. The number of hydrogen-bond donors (Lipinski definition) is 1. The van der Waals surface area contributed by atoms with Gasteiger partial charge in [0.25, 0.3) is 6.43 Å². The summed E-state index contributed by atoms with van der Waals surface area (Å²) in [6.45, 7) is 4.79. The van der Waals surface area contributed by atoms with Gasteiger partial charge in [-0.3, -0.25) is 0 Å². The molecule has 1 unspecified atom stereocenters. The maximum Gasteiger partial charge on any atom is 0.321 e. The zero-order valence-electron chi connectivity index (χ0n) is 16.5. The first-order chi connectivity index (χ1) is 13.7. The first-order valence-electron chi connectivity index (χ1n) is 9.26. The maximum absolute atomic E-state index is 13.2. The maximum atomic E-state index is 13.2. The van der Waals surface area contributed by atoms with E-state index in [4.69, 9.17) is 0 Å².